The predicted octanol–water partition coefficient (Wildman–Crippen LogP) is -0.440. The molecule has 0 amide bonds. The molecule has 1 rings (SSSR count). The molecular weight excluding hydrogens is 292 g/mol. The first-order valence-electron chi connectivity index (χ1n) is 6.00. The van der Waals surface area contributed by atoms with Gasteiger partial charge in [-0.1, -0.05) is 0 Å². The molecule has 0 aromatic carbocycles. The number of epoxide rings is 1. The Balaban J connectivity index is 1.93. The van der Waals surface area contributed by atoms with Gasteiger partial charge in [0.25, 0.3) is 5.09 Å². The summed E-state index contributed by atoms with van der Waals surface area (Å²) < 4.78 is 15.1. The minimum absolute atomic E-state index is 0.00706. The standard InChI is InChI=1S/C10H18N2O7S/c1-16-9(13)7(11)5-20-6-8-10(19-8)17-3-2-4-18-12(14)15/h7-8,10H,2-6,11H2,1H3/t7-,8?,10?/m0/s1. The predicted molar refractivity (Wildman–Crippen MR) is 69.5 cm³/mol. The second-order valence-corrected chi connectivity index (χ2v) is 5.07. The van der Waals surface area contributed by atoms with Gasteiger partial charge in [0, 0.05) is 11.5 Å². The van der Waals surface area contributed by atoms with E-state index in [-0.39, 0.29) is 19.0 Å². The fourth-order valence-electron chi connectivity index (χ4n) is 1.32. The van der Waals surface area contributed by atoms with E-state index in [2.05, 4.69) is 9.57 Å². The van der Waals surface area contributed by atoms with Gasteiger partial charge in [-0.05, 0) is 6.42 Å². The molecule has 2 N–H and O–H groups in total. The summed E-state index contributed by atoms with van der Waals surface area (Å²) in [6, 6.07) is -0.637. The minimum atomic E-state index is -0.836. The molecule has 1 saturated heterocycles. The Morgan fingerprint density at radius 3 is 2.95 bits per heavy atom. The largest absolute Gasteiger partial charge is 0.468 e. The summed E-state index contributed by atoms with van der Waals surface area (Å²) in [6.07, 6.45) is 0.113. The molecule has 1 heterocycles. The third-order valence-corrected chi connectivity index (χ3v) is 3.55. The van der Waals surface area contributed by atoms with E-state index in [1.807, 2.05) is 0 Å². The van der Waals surface area contributed by atoms with Gasteiger partial charge in [-0.25, -0.2) is 0 Å². The molecule has 2 unspecified atom stereocenters. The summed E-state index contributed by atoms with van der Waals surface area (Å²) in [6.45, 7) is 0.342. The van der Waals surface area contributed by atoms with Gasteiger partial charge in [0.1, 0.15) is 12.1 Å². The number of rotatable bonds is 11. The molecular formula is C10H18N2O7S. The lowest BCUT2D eigenvalue weighted by Gasteiger charge is -2.07. The highest BCUT2D eigenvalue weighted by atomic mass is 32.2. The second kappa shape index (κ2) is 8.95. The maximum absolute atomic E-state index is 11.0. The van der Waals surface area contributed by atoms with E-state index in [9.17, 15) is 14.9 Å². The van der Waals surface area contributed by atoms with Crippen LogP contribution in [0.25, 0.3) is 0 Å². The molecule has 0 bridgehead atoms. The number of hydrogen-bond donors (Lipinski definition) is 1. The third-order valence-electron chi connectivity index (χ3n) is 2.39. The second-order valence-electron chi connectivity index (χ2n) is 3.99. The topological polar surface area (TPSA) is 126 Å². The van der Waals surface area contributed by atoms with Crippen LogP contribution >= 0.6 is 11.8 Å². The summed E-state index contributed by atoms with van der Waals surface area (Å²) in [4.78, 5) is 25.1. The first kappa shape index (κ1) is 17.0. The van der Waals surface area contributed by atoms with E-state index in [1.54, 1.807) is 0 Å². The van der Waals surface area contributed by atoms with Crippen molar-refractivity contribution in [1.82, 2.24) is 0 Å². The number of esters is 1. The van der Waals surface area contributed by atoms with Gasteiger partial charge in [0.05, 0.1) is 20.3 Å². The van der Waals surface area contributed by atoms with Gasteiger partial charge < -0.3 is 24.8 Å². The van der Waals surface area contributed by atoms with Crippen molar-refractivity contribution in [2.75, 3.05) is 31.8 Å². The number of nitrogens with two attached hydrogens (primary N) is 1. The SMILES string of the molecule is COC(=O)[C@@H](N)CSCC1OC1OCCCO[N+](=O)[O-]. The van der Waals surface area contributed by atoms with Crippen LogP contribution in [0.3, 0.4) is 0 Å². The normalized spacial score (nSPS) is 22.1. The number of hydrogen-bond acceptors (Lipinski definition) is 9. The Morgan fingerprint density at radius 2 is 2.30 bits per heavy atom. The van der Waals surface area contributed by atoms with Crippen molar-refractivity contribution >= 4 is 17.7 Å². The van der Waals surface area contributed by atoms with Crippen LogP contribution in [0.15, 0.2) is 0 Å². The van der Waals surface area contributed by atoms with E-state index >= 15 is 0 Å². The number of ether oxygens (including phenoxy) is 3. The summed E-state index contributed by atoms with van der Waals surface area (Å²) in [5.41, 5.74) is 5.57. The fraction of sp³-hybridized carbons (Fsp3) is 0.900. The Labute approximate surface area is 120 Å². The van der Waals surface area contributed by atoms with Crippen molar-refractivity contribution in [2.24, 2.45) is 5.73 Å². The highest BCUT2D eigenvalue weighted by Crippen LogP contribution is 2.27. The van der Waals surface area contributed by atoms with E-state index < -0.39 is 17.1 Å². The van der Waals surface area contributed by atoms with Crippen molar-refractivity contribution in [1.29, 1.82) is 0 Å². The average Bonchev–Trinajstić information content (AvgIpc) is 3.15. The van der Waals surface area contributed by atoms with Crippen LogP contribution in [-0.4, -0.2) is 61.3 Å². The molecule has 20 heavy (non-hydrogen) atoms. The van der Waals surface area contributed by atoms with Gasteiger partial charge in [0.2, 0.25) is 0 Å². The van der Waals surface area contributed by atoms with Gasteiger partial charge >= 0.3 is 5.97 Å². The Morgan fingerprint density at radius 1 is 1.55 bits per heavy atom. The maximum Gasteiger partial charge on any atom is 0.323 e. The molecule has 0 spiro atoms. The molecule has 0 saturated carbocycles. The molecule has 10 heteroatoms. The van der Waals surface area contributed by atoms with Crippen molar-refractivity contribution in [3.8, 4) is 0 Å². The highest BCUT2D eigenvalue weighted by molar-refractivity contribution is 7.99. The lowest BCUT2D eigenvalue weighted by molar-refractivity contribution is -0.757. The zero-order valence-electron chi connectivity index (χ0n) is 11.1. The van der Waals surface area contributed by atoms with Crippen molar-refractivity contribution in [3.63, 3.8) is 0 Å². The molecule has 1 aliphatic rings. The molecule has 9 nitrogen and oxygen atoms in total. The molecule has 0 aromatic heterocycles. The number of methoxy groups -OCH3 is 1. The van der Waals surface area contributed by atoms with Gasteiger partial charge in [-0.15, -0.1) is 10.1 Å². The van der Waals surface area contributed by atoms with Crippen LogP contribution in [0.5, 0.6) is 0 Å². The number of carbonyl (C=O) groups excluding carboxylic acids is 1. The first-order valence-corrected chi connectivity index (χ1v) is 7.15. The summed E-state index contributed by atoms with van der Waals surface area (Å²) in [5.74, 6) is 0.684. The maximum atomic E-state index is 11.0. The van der Waals surface area contributed by atoms with Crippen molar-refractivity contribution in [2.45, 2.75) is 24.9 Å². The van der Waals surface area contributed by atoms with Crippen molar-refractivity contribution in [3.05, 3.63) is 10.1 Å². The Kier molecular flexibility index (Phi) is 7.59. The zero-order valence-corrected chi connectivity index (χ0v) is 11.9. The van der Waals surface area contributed by atoms with Gasteiger partial charge in [-0.3, -0.25) is 4.79 Å². The Hall–Kier alpha value is -1.10. The summed E-state index contributed by atoms with van der Waals surface area (Å²) >= 11 is 1.48. The smallest absolute Gasteiger partial charge is 0.323 e. The molecule has 116 valence electrons. The zero-order chi connectivity index (χ0) is 15.0. The van der Waals surface area contributed by atoms with Crippen LogP contribution in [0.1, 0.15) is 6.42 Å². The number of carbonyl (C=O) groups is 1. The first-order chi connectivity index (χ1) is 9.54. The minimum Gasteiger partial charge on any atom is -0.468 e. The van der Waals surface area contributed by atoms with Crippen LogP contribution in [0.4, 0.5) is 0 Å². The molecule has 1 fully saturated rings. The lowest BCUT2D eigenvalue weighted by Crippen LogP contribution is -2.34. The van der Waals surface area contributed by atoms with Gasteiger partial charge in [-0.2, -0.15) is 11.8 Å². The van der Waals surface area contributed by atoms with E-state index in [0.29, 0.717) is 24.5 Å². The van der Waals surface area contributed by atoms with E-state index in [4.69, 9.17) is 15.2 Å². The average molecular weight is 310 g/mol. The van der Waals surface area contributed by atoms with Crippen molar-refractivity contribution < 1.29 is 28.9 Å². The summed E-state index contributed by atoms with van der Waals surface area (Å²) in [5, 5.41) is 9.04. The molecule has 3 atom stereocenters. The third kappa shape index (κ3) is 6.89. The van der Waals surface area contributed by atoms with Crippen LogP contribution in [-0.2, 0) is 23.8 Å². The molecule has 0 aromatic rings. The Bertz CT molecular complexity index is 331. The van der Waals surface area contributed by atoms with Crippen LogP contribution in [0.2, 0.25) is 0 Å². The van der Waals surface area contributed by atoms with Crippen LogP contribution in [0, 0.1) is 10.1 Å². The van der Waals surface area contributed by atoms with Gasteiger partial charge in [0.15, 0.2) is 6.29 Å². The van der Waals surface area contributed by atoms with E-state index in [0.717, 1.165) is 0 Å². The summed E-state index contributed by atoms with van der Waals surface area (Å²) in [7, 11) is 1.30. The molecule has 0 radical (unpaired) electrons. The quantitative estimate of drug-likeness (QED) is 0.177. The van der Waals surface area contributed by atoms with E-state index in [1.165, 1.54) is 18.9 Å². The fourth-order valence-corrected chi connectivity index (χ4v) is 2.31. The molecule has 1 aliphatic heterocycles. The molecule has 0 aliphatic carbocycles. The highest BCUT2D eigenvalue weighted by Gasteiger charge is 2.39. The number of thioether (sulfide) groups is 1. The van der Waals surface area contributed by atoms with Crippen LogP contribution < -0.4 is 5.73 Å². The monoisotopic (exact) mass is 310 g/mol. The lowest BCUT2D eigenvalue weighted by atomic mass is 10.4. The number of nitrogens with zero attached hydrogens (tertiary/aromatic N) is 1.